The third kappa shape index (κ3) is 3.43. The topological polar surface area (TPSA) is 31.6 Å². The Bertz CT molecular complexity index is 1510. The van der Waals surface area contributed by atoms with Gasteiger partial charge in [-0.3, -0.25) is 0 Å². The summed E-state index contributed by atoms with van der Waals surface area (Å²) in [7, 11) is 7.21. The maximum absolute atomic E-state index is 5.84. The number of benzene rings is 4. The maximum Gasteiger partial charge on any atom is 0.220 e. The van der Waals surface area contributed by atoms with E-state index in [1.54, 1.807) is 21.3 Å². The minimum absolute atomic E-state index is 0.744. The van der Waals surface area contributed by atoms with Gasteiger partial charge in [-0.05, 0) is 59.7 Å². The molecule has 4 nitrogen and oxygen atoms in total. The molecule has 166 valence electrons. The first-order chi connectivity index (χ1) is 16.0. The summed E-state index contributed by atoms with van der Waals surface area (Å²) < 4.78 is 19.4. The average Bonchev–Trinajstić information content (AvgIpc) is 2.83. The number of aryl methyl sites for hydroxylation is 2. The summed E-state index contributed by atoms with van der Waals surface area (Å²) in [5.74, 6) is 2.39. The molecule has 0 aliphatic heterocycles. The lowest BCUT2D eigenvalue weighted by molar-refractivity contribution is -0.642. The Balaban J connectivity index is 1.94. The quantitative estimate of drug-likeness (QED) is 0.253. The fraction of sp³-hybridized carbons (Fsp3) is 0.207. The van der Waals surface area contributed by atoms with Crippen molar-refractivity contribution in [2.45, 2.75) is 13.3 Å². The summed E-state index contributed by atoms with van der Waals surface area (Å²) in [4.78, 5) is 0. The van der Waals surface area contributed by atoms with Crippen molar-refractivity contribution in [3.63, 3.8) is 0 Å². The molecule has 4 heteroatoms. The van der Waals surface area contributed by atoms with Crippen LogP contribution in [-0.4, -0.2) is 21.3 Å². The average molecular weight is 439 g/mol. The Labute approximate surface area is 193 Å². The molecule has 0 unspecified atom stereocenters. The second-order valence-corrected chi connectivity index (χ2v) is 8.47. The zero-order valence-corrected chi connectivity index (χ0v) is 19.7. The van der Waals surface area contributed by atoms with Crippen LogP contribution in [0, 0.1) is 6.92 Å². The molecule has 0 saturated carbocycles. The predicted octanol–water partition coefficient (Wildman–Crippen LogP) is 5.90. The van der Waals surface area contributed by atoms with E-state index in [0.717, 1.165) is 34.6 Å². The van der Waals surface area contributed by atoms with E-state index in [9.17, 15) is 0 Å². The highest BCUT2D eigenvalue weighted by molar-refractivity contribution is 6.16. The van der Waals surface area contributed by atoms with E-state index >= 15 is 0 Å². The second kappa shape index (κ2) is 8.28. The van der Waals surface area contributed by atoms with Gasteiger partial charge < -0.3 is 14.2 Å². The van der Waals surface area contributed by atoms with Crippen molar-refractivity contribution in [3.05, 3.63) is 83.6 Å². The van der Waals surface area contributed by atoms with Crippen molar-refractivity contribution in [1.29, 1.82) is 0 Å². The van der Waals surface area contributed by atoms with E-state index < -0.39 is 0 Å². The fourth-order valence-electron chi connectivity index (χ4n) is 4.98. The number of nitrogens with zero attached hydrogens (tertiary/aromatic N) is 1. The Morgan fingerprint density at radius 3 is 2.21 bits per heavy atom. The Morgan fingerprint density at radius 2 is 1.52 bits per heavy atom. The van der Waals surface area contributed by atoms with Crippen LogP contribution in [0.3, 0.4) is 0 Å². The molecule has 0 N–H and O–H groups in total. The zero-order chi connectivity index (χ0) is 23.1. The molecule has 0 aliphatic rings. The van der Waals surface area contributed by atoms with E-state index in [0.29, 0.717) is 0 Å². The number of methoxy groups -OCH3 is 3. The molecule has 1 heterocycles. The van der Waals surface area contributed by atoms with Crippen LogP contribution in [0.2, 0.25) is 0 Å². The molecule has 1 aromatic heterocycles. The van der Waals surface area contributed by atoms with Crippen molar-refractivity contribution < 1.29 is 18.8 Å². The highest BCUT2D eigenvalue weighted by atomic mass is 16.5. The largest absolute Gasteiger partial charge is 0.496 e. The molecule has 5 rings (SSSR count). The molecule has 4 aromatic carbocycles. The Hall–Kier alpha value is -3.79. The number of fused-ring (bicyclic) bond motifs is 5. The first-order valence-electron chi connectivity index (χ1n) is 11.1. The van der Waals surface area contributed by atoms with E-state index in [2.05, 4.69) is 79.3 Å². The van der Waals surface area contributed by atoms with Crippen molar-refractivity contribution >= 4 is 32.4 Å². The summed E-state index contributed by atoms with van der Waals surface area (Å²) in [6, 6.07) is 21.4. The lowest BCUT2D eigenvalue weighted by atomic mass is 9.93. The lowest BCUT2D eigenvalue weighted by Gasteiger charge is -2.16. The van der Waals surface area contributed by atoms with Crippen molar-refractivity contribution in [2.24, 2.45) is 7.05 Å². The number of aromatic nitrogens is 1. The predicted molar refractivity (Wildman–Crippen MR) is 134 cm³/mol. The van der Waals surface area contributed by atoms with Crippen LogP contribution < -0.4 is 18.8 Å². The van der Waals surface area contributed by atoms with Gasteiger partial charge in [0, 0.05) is 5.39 Å². The third-order valence-electron chi connectivity index (χ3n) is 6.48. The van der Waals surface area contributed by atoms with Crippen molar-refractivity contribution in [1.82, 2.24) is 0 Å². The van der Waals surface area contributed by atoms with Crippen LogP contribution >= 0.6 is 0 Å². The van der Waals surface area contributed by atoms with Gasteiger partial charge >= 0.3 is 0 Å². The Kier molecular flexibility index (Phi) is 5.29. The lowest BCUT2D eigenvalue weighted by Crippen LogP contribution is -2.29. The van der Waals surface area contributed by atoms with Crippen LogP contribution in [0.15, 0.2) is 66.9 Å². The van der Waals surface area contributed by atoms with Gasteiger partial charge in [-0.2, -0.15) is 4.57 Å². The summed E-state index contributed by atoms with van der Waals surface area (Å²) in [5.41, 5.74) is 4.76. The first-order valence-corrected chi connectivity index (χ1v) is 11.1. The van der Waals surface area contributed by atoms with Gasteiger partial charge in [0.2, 0.25) is 5.52 Å². The molecule has 0 atom stereocenters. The number of hydrogen-bond acceptors (Lipinski definition) is 3. The van der Waals surface area contributed by atoms with Crippen LogP contribution in [0.25, 0.3) is 32.4 Å². The molecule has 0 amide bonds. The maximum atomic E-state index is 5.84. The van der Waals surface area contributed by atoms with Crippen molar-refractivity contribution in [2.75, 3.05) is 21.3 Å². The van der Waals surface area contributed by atoms with Crippen LogP contribution in [0.5, 0.6) is 17.2 Å². The normalized spacial score (nSPS) is 11.3. The summed E-state index contributed by atoms with van der Waals surface area (Å²) in [5, 5.41) is 5.77. The van der Waals surface area contributed by atoms with E-state index in [-0.39, 0.29) is 0 Å². The molecule has 0 saturated heterocycles. The van der Waals surface area contributed by atoms with Gasteiger partial charge in [-0.15, -0.1) is 0 Å². The van der Waals surface area contributed by atoms with Crippen LogP contribution in [0.1, 0.15) is 16.7 Å². The number of rotatable bonds is 5. The molecule has 0 aliphatic carbocycles. The van der Waals surface area contributed by atoms with Gasteiger partial charge in [-0.25, -0.2) is 0 Å². The standard InChI is InChI=1S/C29H28NO3/c1-18-13-20-11-12-22-27-21(14-19-9-7-6-8-10-19)15-26(32-4)29(33-5)24(27)17-30(2)28(22)23(20)16-25(18)31-3/h6-13,15-17H,14H2,1-5H3/q+1. The molecule has 33 heavy (non-hydrogen) atoms. The highest BCUT2D eigenvalue weighted by Crippen LogP contribution is 2.42. The minimum Gasteiger partial charge on any atom is -0.496 e. The van der Waals surface area contributed by atoms with Gasteiger partial charge in [0.05, 0.1) is 37.5 Å². The van der Waals surface area contributed by atoms with E-state index in [4.69, 9.17) is 14.2 Å². The summed E-state index contributed by atoms with van der Waals surface area (Å²) in [6.07, 6.45) is 2.95. The summed E-state index contributed by atoms with van der Waals surface area (Å²) >= 11 is 0. The number of pyridine rings is 1. The van der Waals surface area contributed by atoms with Gasteiger partial charge in [0.15, 0.2) is 17.7 Å². The second-order valence-electron chi connectivity index (χ2n) is 8.47. The van der Waals surface area contributed by atoms with Gasteiger partial charge in [0.25, 0.3) is 0 Å². The number of hydrogen-bond donors (Lipinski definition) is 0. The smallest absolute Gasteiger partial charge is 0.220 e. The van der Waals surface area contributed by atoms with Gasteiger partial charge in [-0.1, -0.05) is 36.4 Å². The van der Waals surface area contributed by atoms with Crippen LogP contribution in [-0.2, 0) is 13.5 Å². The zero-order valence-electron chi connectivity index (χ0n) is 19.7. The molecular formula is C29H28NO3+. The van der Waals surface area contributed by atoms with E-state index in [1.807, 2.05) is 6.07 Å². The third-order valence-corrected chi connectivity index (χ3v) is 6.48. The molecule has 0 bridgehead atoms. The first kappa shape index (κ1) is 21.1. The minimum atomic E-state index is 0.744. The van der Waals surface area contributed by atoms with Crippen molar-refractivity contribution in [3.8, 4) is 17.2 Å². The van der Waals surface area contributed by atoms with Crippen LogP contribution in [0.4, 0.5) is 0 Å². The van der Waals surface area contributed by atoms with Gasteiger partial charge in [0.1, 0.15) is 12.8 Å². The molecule has 5 aromatic rings. The number of ether oxygens (including phenoxy) is 3. The molecule has 0 fully saturated rings. The molecular weight excluding hydrogens is 410 g/mol. The van der Waals surface area contributed by atoms with E-state index in [1.165, 1.54) is 38.2 Å². The summed E-state index contributed by atoms with van der Waals surface area (Å²) in [6.45, 7) is 2.08. The Morgan fingerprint density at radius 1 is 0.758 bits per heavy atom. The fourth-order valence-corrected chi connectivity index (χ4v) is 4.98. The molecule has 0 radical (unpaired) electrons. The molecule has 0 spiro atoms. The monoisotopic (exact) mass is 438 g/mol. The SMILES string of the molecule is COc1cc2c(ccc3c4c(Cc5ccccc5)cc(OC)c(OC)c4c[n+](C)c23)cc1C. The highest BCUT2D eigenvalue weighted by Gasteiger charge is 2.23.